The van der Waals surface area contributed by atoms with E-state index in [0.29, 0.717) is 5.92 Å². The largest absolute Gasteiger partial charge is 0.393 e. The van der Waals surface area contributed by atoms with Gasteiger partial charge in [0.15, 0.2) is 0 Å². The lowest BCUT2D eigenvalue weighted by Crippen LogP contribution is -2.39. The van der Waals surface area contributed by atoms with Crippen molar-refractivity contribution in [1.29, 1.82) is 0 Å². The van der Waals surface area contributed by atoms with Crippen LogP contribution < -0.4 is 0 Å². The highest BCUT2D eigenvalue weighted by molar-refractivity contribution is 4.76. The number of methoxy groups -OCH3 is 1. The Morgan fingerprint density at radius 3 is 2.88 bits per heavy atom. The third-order valence-corrected chi connectivity index (χ3v) is 3.55. The van der Waals surface area contributed by atoms with Crippen LogP contribution in [-0.2, 0) is 4.74 Å². The molecule has 0 saturated carbocycles. The smallest absolute Gasteiger partial charge is 0.0552 e. The van der Waals surface area contributed by atoms with Gasteiger partial charge in [-0.3, -0.25) is 0 Å². The zero-order valence-corrected chi connectivity index (χ0v) is 10.8. The summed E-state index contributed by atoms with van der Waals surface area (Å²) in [5, 5.41) is 9.59. The number of hydrogen-bond donors (Lipinski definition) is 1. The fraction of sp³-hybridized carbons (Fsp3) is 1.00. The number of unbranched alkanes of at least 4 members (excludes halogenated alkanes) is 2. The fourth-order valence-corrected chi connectivity index (χ4v) is 2.45. The molecule has 0 amide bonds. The van der Waals surface area contributed by atoms with Crippen LogP contribution in [0.15, 0.2) is 0 Å². The molecule has 2 unspecified atom stereocenters. The zero-order valence-electron chi connectivity index (χ0n) is 10.8. The minimum atomic E-state index is -0.142. The second-order valence-electron chi connectivity index (χ2n) is 5.00. The minimum absolute atomic E-state index is 0.142. The number of ether oxygens (including phenoxy) is 1. The molecule has 96 valence electrons. The Balaban J connectivity index is 2.07. The van der Waals surface area contributed by atoms with Crippen LogP contribution in [0.4, 0.5) is 0 Å². The van der Waals surface area contributed by atoms with E-state index in [-0.39, 0.29) is 6.10 Å². The highest BCUT2D eigenvalue weighted by Crippen LogP contribution is 2.19. The van der Waals surface area contributed by atoms with Gasteiger partial charge in [-0.05, 0) is 58.0 Å². The number of aliphatic hydroxyl groups is 1. The number of piperidine rings is 1. The Bertz CT molecular complexity index is 173. The van der Waals surface area contributed by atoms with Crippen LogP contribution in [0.2, 0.25) is 0 Å². The molecular formula is C13H27NO2. The van der Waals surface area contributed by atoms with Crippen LogP contribution in [0.3, 0.4) is 0 Å². The third-order valence-electron chi connectivity index (χ3n) is 3.55. The summed E-state index contributed by atoms with van der Waals surface area (Å²) >= 11 is 0. The second-order valence-corrected chi connectivity index (χ2v) is 5.00. The van der Waals surface area contributed by atoms with E-state index < -0.39 is 0 Å². The Morgan fingerprint density at radius 1 is 1.38 bits per heavy atom. The first-order chi connectivity index (χ1) is 7.74. The maximum Gasteiger partial charge on any atom is 0.0552 e. The molecule has 0 aromatic carbocycles. The Hall–Kier alpha value is -0.120. The van der Waals surface area contributed by atoms with Crippen molar-refractivity contribution in [3.8, 4) is 0 Å². The summed E-state index contributed by atoms with van der Waals surface area (Å²) in [6, 6.07) is 0. The molecule has 1 rings (SSSR count). The molecule has 0 radical (unpaired) electrons. The molecule has 1 aliphatic rings. The van der Waals surface area contributed by atoms with Gasteiger partial charge in [0.25, 0.3) is 0 Å². The molecular weight excluding hydrogens is 202 g/mol. The number of likely N-dealkylation sites (tertiary alicyclic amines) is 1. The van der Waals surface area contributed by atoms with Gasteiger partial charge in [0.05, 0.1) is 6.10 Å². The SMILES string of the molecule is COCCCCCN1CCCC(C(C)O)C1. The summed E-state index contributed by atoms with van der Waals surface area (Å²) in [4.78, 5) is 2.51. The first kappa shape index (κ1) is 13.9. The predicted octanol–water partition coefficient (Wildman–Crippen LogP) is 1.90. The molecule has 16 heavy (non-hydrogen) atoms. The number of aliphatic hydroxyl groups excluding tert-OH is 1. The molecule has 0 spiro atoms. The van der Waals surface area contributed by atoms with Gasteiger partial charge >= 0.3 is 0 Å². The average Bonchev–Trinajstić information content (AvgIpc) is 2.29. The van der Waals surface area contributed by atoms with Crippen molar-refractivity contribution in [2.75, 3.05) is 33.4 Å². The third kappa shape index (κ3) is 5.28. The topological polar surface area (TPSA) is 32.7 Å². The summed E-state index contributed by atoms with van der Waals surface area (Å²) in [6.45, 7) is 6.30. The molecule has 3 heteroatoms. The van der Waals surface area contributed by atoms with Crippen molar-refractivity contribution >= 4 is 0 Å². The highest BCUT2D eigenvalue weighted by Gasteiger charge is 2.22. The maximum absolute atomic E-state index is 9.59. The molecule has 0 aromatic rings. The van der Waals surface area contributed by atoms with E-state index in [1.54, 1.807) is 7.11 Å². The first-order valence-electron chi connectivity index (χ1n) is 6.63. The van der Waals surface area contributed by atoms with Crippen molar-refractivity contribution in [2.24, 2.45) is 5.92 Å². The normalized spacial score (nSPS) is 24.6. The molecule has 1 fully saturated rings. The van der Waals surface area contributed by atoms with Crippen molar-refractivity contribution < 1.29 is 9.84 Å². The van der Waals surface area contributed by atoms with Gasteiger partial charge < -0.3 is 14.7 Å². The summed E-state index contributed by atoms with van der Waals surface area (Å²) in [5.41, 5.74) is 0. The molecule has 1 heterocycles. The van der Waals surface area contributed by atoms with Crippen molar-refractivity contribution in [2.45, 2.75) is 45.1 Å². The molecule has 1 aliphatic heterocycles. The van der Waals surface area contributed by atoms with Gasteiger partial charge in [-0.1, -0.05) is 0 Å². The van der Waals surface area contributed by atoms with E-state index in [1.165, 1.54) is 45.2 Å². The second kappa shape index (κ2) is 8.04. The zero-order chi connectivity index (χ0) is 11.8. The van der Waals surface area contributed by atoms with Crippen LogP contribution in [-0.4, -0.2) is 49.5 Å². The van der Waals surface area contributed by atoms with Crippen molar-refractivity contribution in [3.05, 3.63) is 0 Å². The number of rotatable bonds is 7. The Labute approximate surface area is 99.8 Å². The fourth-order valence-electron chi connectivity index (χ4n) is 2.45. The lowest BCUT2D eigenvalue weighted by atomic mass is 9.93. The summed E-state index contributed by atoms with van der Waals surface area (Å²) in [5.74, 6) is 0.493. The predicted molar refractivity (Wildman–Crippen MR) is 66.6 cm³/mol. The molecule has 1 saturated heterocycles. The quantitative estimate of drug-likeness (QED) is 0.677. The monoisotopic (exact) mass is 229 g/mol. The van der Waals surface area contributed by atoms with Gasteiger partial charge in [0.2, 0.25) is 0 Å². The van der Waals surface area contributed by atoms with Crippen LogP contribution >= 0.6 is 0 Å². The van der Waals surface area contributed by atoms with Crippen LogP contribution in [0.1, 0.15) is 39.0 Å². The molecule has 3 nitrogen and oxygen atoms in total. The maximum atomic E-state index is 9.59. The molecule has 1 N–H and O–H groups in total. The van der Waals surface area contributed by atoms with Crippen LogP contribution in [0, 0.1) is 5.92 Å². The summed E-state index contributed by atoms with van der Waals surface area (Å²) in [6.07, 6.45) is 5.98. The van der Waals surface area contributed by atoms with Crippen molar-refractivity contribution in [1.82, 2.24) is 4.90 Å². The molecule has 0 aromatic heterocycles. The van der Waals surface area contributed by atoms with Gasteiger partial charge in [-0.15, -0.1) is 0 Å². The number of hydrogen-bond acceptors (Lipinski definition) is 3. The highest BCUT2D eigenvalue weighted by atomic mass is 16.5. The Morgan fingerprint density at radius 2 is 2.19 bits per heavy atom. The lowest BCUT2D eigenvalue weighted by Gasteiger charge is -2.34. The van der Waals surface area contributed by atoms with E-state index in [0.717, 1.165) is 13.2 Å². The van der Waals surface area contributed by atoms with Crippen LogP contribution in [0.25, 0.3) is 0 Å². The van der Waals surface area contributed by atoms with Crippen molar-refractivity contribution in [3.63, 3.8) is 0 Å². The van der Waals surface area contributed by atoms with E-state index in [4.69, 9.17) is 4.74 Å². The van der Waals surface area contributed by atoms with E-state index >= 15 is 0 Å². The first-order valence-corrected chi connectivity index (χ1v) is 6.63. The van der Waals surface area contributed by atoms with Crippen LogP contribution in [0.5, 0.6) is 0 Å². The number of nitrogens with zero attached hydrogens (tertiary/aromatic N) is 1. The standard InChI is InChI=1S/C13H27NO2/c1-12(15)13-7-6-9-14(11-13)8-4-3-5-10-16-2/h12-13,15H,3-11H2,1-2H3. The molecule has 2 atom stereocenters. The van der Waals surface area contributed by atoms with Gasteiger partial charge in [-0.25, -0.2) is 0 Å². The van der Waals surface area contributed by atoms with Gasteiger partial charge in [-0.2, -0.15) is 0 Å². The van der Waals surface area contributed by atoms with E-state index in [1.807, 2.05) is 6.92 Å². The lowest BCUT2D eigenvalue weighted by molar-refractivity contribution is 0.0620. The molecule has 0 aliphatic carbocycles. The summed E-state index contributed by atoms with van der Waals surface area (Å²) in [7, 11) is 1.76. The van der Waals surface area contributed by atoms with Gasteiger partial charge in [0, 0.05) is 20.3 Å². The Kier molecular flexibility index (Phi) is 7.01. The van der Waals surface area contributed by atoms with Gasteiger partial charge in [0.1, 0.15) is 0 Å². The minimum Gasteiger partial charge on any atom is -0.393 e. The van der Waals surface area contributed by atoms with E-state index in [9.17, 15) is 5.11 Å². The van der Waals surface area contributed by atoms with E-state index in [2.05, 4.69) is 4.90 Å². The average molecular weight is 229 g/mol. The summed E-state index contributed by atoms with van der Waals surface area (Å²) < 4.78 is 5.04. The molecule has 0 bridgehead atoms.